The van der Waals surface area contributed by atoms with Crippen LogP contribution in [0.5, 0.6) is 0 Å². The van der Waals surface area contributed by atoms with Crippen LogP contribution in [-0.4, -0.2) is 0 Å². The molecule has 10 aromatic rings. The van der Waals surface area contributed by atoms with Gasteiger partial charge in [-0.05, 0) is 136 Å². The first kappa shape index (κ1) is 32.5. The van der Waals surface area contributed by atoms with Crippen molar-refractivity contribution in [1.29, 1.82) is 0 Å². The summed E-state index contributed by atoms with van der Waals surface area (Å²) in [6.45, 7) is 4.72. The Kier molecular flexibility index (Phi) is 7.28. The van der Waals surface area contributed by atoms with Crippen LogP contribution in [0.2, 0.25) is 0 Å². The molecular formula is C55H39N. The second kappa shape index (κ2) is 12.5. The predicted molar refractivity (Wildman–Crippen MR) is 240 cm³/mol. The molecule has 1 aliphatic rings. The van der Waals surface area contributed by atoms with Gasteiger partial charge < -0.3 is 4.90 Å². The first-order chi connectivity index (χ1) is 27.5. The van der Waals surface area contributed by atoms with Crippen molar-refractivity contribution < 1.29 is 0 Å². The van der Waals surface area contributed by atoms with Gasteiger partial charge in [0.2, 0.25) is 0 Å². The zero-order valence-corrected chi connectivity index (χ0v) is 31.5. The van der Waals surface area contributed by atoms with E-state index >= 15 is 0 Å². The van der Waals surface area contributed by atoms with Crippen molar-refractivity contribution in [2.75, 3.05) is 4.90 Å². The molecule has 0 saturated heterocycles. The van der Waals surface area contributed by atoms with E-state index < -0.39 is 0 Å². The fourth-order valence-electron chi connectivity index (χ4n) is 9.44. The van der Waals surface area contributed by atoms with Crippen LogP contribution in [-0.2, 0) is 5.41 Å². The molecule has 0 radical (unpaired) electrons. The molecule has 0 atom stereocenters. The van der Waals surface area contributed by atoms with Crippen molar-refractivity contribution in [2.24, 2.45) is 0 Å². The van der Waals surface area contributed by atoms with Gasteiger partial charge in [0.1, 0.15) is 0 Å². The molecule has 56 heavy (non-hydrogen) atoms. The number of fused-ring (bicyclic) bond motifs is 9. The Morgan fingerprint density at radius 2 is 0.714 bits per heavy atom. The van der Waals surface area contributed by atoms with Crippen LogP contribution in [0.3, 0.4) is 0 Å². The number of nitrogens with zero attached hydrogens (tertiary/aromatic N) is 1. The standard InChI is InChI=1S/C55H39N/c1-55(2)53-22-12-11-21-49(53)50-32-31-42(35-54(50)55)56(40-27-23-36(24-28-40)51-33-38-13-3-5-15-43(38)45-17-7-9-19-47(45)51)41-29-25-37(26-30-41)52-34-39-14-4-6-16-44(39)46-18-8-10-20-48(46)52/h3-35H,1-2H3. The summed E-state index contributed by atoms with van der Waals surface area (Å²) < 4.78 is 0. The summed E-state index contributed by atoms with van der Waals surface area (Å²) in [5, 5.41) is 10.2. The summed E-state index contributed by atoms with van der Waals surface area (Å²) in [7, 11) is 0. The minimum atomic E-state index is -0.102. The van der Waals surface area contributed by atoms with E-state index in [1.54, 1.807) is 0 Å². The van der Waals surface area contributed by atoms with Gasteiger partial charge >= 0.3 is 0 Å². The molecule has 0 amide bonds. The highest BCUT2D eigenvalue weighted by atomic mass is 15.1. The first-order valence-electron chi connectivity index (χ1n) is 19.6. The van der Waals surface area contributed by atoms with Crippen molar-refractivity contribution in [3.05, 3.63) is 211 Å². The number of anilines is 3. The quantitative estimate of drug-likeness (QED) is 0.161. The van der Waals surface area contributed by atoms with E-state index in [0.717, 1.165) is 17.1 Å². The summed E-state index contributed by atoms with van der Waals surface area (Å²) in [4.78, 5) is 2.42. The van der Waals surface area contributed by atoms with Crippen molar-refractivity contribution in [2.45, 2.75) is 19.3 Å². The highest BCUT2D eigenvalue weighted by molar-refractivity contribution is 6.15. The Morgan fingerprint density at radius 1 is 0.304 bits per heavy atom. The maximum absolute atomic E-state index is 2.42. The molecule has 0 N–H and O–H groups in total. The highest BCUT2D eigenvalue weighted by Crippen LogP contribution is 2.51. The smallest absolute Gasteiger partial charge is 0.0465 e. The number of rotatable bonds is 5. The molecule has 0 aromatic heterocycles. The lowest BCUT2D eigenvalue weighted by Crippen LogP contribution is -2.16. The third-order valence-electron chi connectivity index (χ3n) is 12.2. The summed E-state index contributed by atoms with van der Waals surface area (Å²) in [5.41, 5.74) is 13.6. The van der Waals surface area contributed by atoms with Crippen LogP contribution < -0.4 is 4.90 Å². The van der Waals surface area contributed by atoms with Gasteiger partial charge in [-0.15, -0.1) is 0 Å². The van der Waals surface area contributed by atoms with E-state index in [9.17, 15) is 0 Å². The second-order valence-electron chi connectivity index (χ2n) is 15.7. The number of hydrogen-bond donors (Lipinski definition) is 0. The molecule has 1 aliphatic carbocycles. The average Bonchev–Trinajstić information content (AvgIpc) is 3.49. The summed E-state index contributed by atoms with van der Waals surface area (Å²) in [6, 6.07) is 74.0. The monoisotopic (exact) mass is 713 g/mol. The van der Waals surface area contributed by atoms with E-state index in [-0.39, 0.29) is 5.41 Å². The molecule has 264 valence electrons. The molecule has 0 spiro atoms. The molecule has 11 rings (SSSR count). The number of hydrogen-bond acceptors (Lipinski definition) is 1. The van der Waals surface area contributed by atoms with Gasteiger partial charge in [0, 0.05) is 22.5 Å². The van der Waals surface area contributed by atoms with Crippen LogP contribution >= 0.6 is 0 Å². The van der Waals surface area contributed by atoms with Crippen LogP contribution in [0, 0.1) is 0 Å². The molecule has 1 nitrogen and oxygen atoms in total. The molecule has 0 saturated carbocycles. The van der Waals surface area contributed by atoms with Gasteiger partial charge in [-0.3, -0.25) is 0 Å². The van der Waals surface area contributed by atoms with Crippen LogP contribution in [0.25, 0.3) is 76.5 Å². The van der Waals surface area contributed by atoms with Crippen molar-refractivity contribution >= 4 is 60.2 Å². The maximum atomic E-state index is 2.42. The lowest BCUT2D eigenvalue weighted by atomic mass is 9.82. The van der Waals surface area contributed by atoms with E-state index in [1.165, 1.54) is 87.6 Å². The van der Waals surface area contributed by atoms with Gasteiger partial charge in [0.05, 0.1) is 0 Å². The largest absolute Gasteiger partial charge is 0.310 e. The fourth-order valence-corrected chi connectivity index (χ4v) is 9.44. The summed E-state index contributed by atoms with van der Waals surface area (Å²) >= 11 is 0. The Balaban J connectivity index is 1.05. The summed E-state index contributed by atoms with van der Waals surface area (Å²) in [6.07, 6.45) is 0. The van der Waals surface area contributed by atoms with Crippen LogP contribution in [0.15, 0.2) is 200 Å². The zero-order valence-electron chi connectivity index (χ0n) is 31.5. The lowest BCUT2D eigenvalue weighted by molar-refractivity contribution is 0.660. The van der Waals surface area contributed by atoms with Gasteiger partial charge in [-0.1, -0.05) is 166 Å². The average molecular weight is 714 g/mol. The molecule has 0 unspecified atom stereocenters. The van der Waals surface area contributed by atoms with Gasteiger partial charge in [0.25, 0.3) is 0 Å². The van der Waals surface area contributed by atoms with Gasteiger partial charge in [-0.25, -0.2) is 0 Å². The Labute approximate surface area is 327 Å². The third-order valence-corrected chi connectivity index (χ3v) is 12.2. The van der Waals surface area contributed by atoms with Crippen LogP contribution in [0.1, 0.15) is 25.0 Å². The number of benzene rings is 10. The Morgan fingerprint density at radius 3 is 1.25 bits per heavy atom. The molecule has 1 heteroatoms. The van der Waals surface area contributed by atoms with E-state index in [2.05, 4.69) is 219 Å². The SMILES string of the molecule is CC1(C)c2ccccc2-c2ccc(N(c3ccc(-c4cc5ccccc5c5ccccc45)cc3)c3ccc(-c4cc5ccccc5c5ccccc45)cc3)cc21. The maximum Gasteiger partial charge on any atom is 0.0465 e. The topological polar surface area (TPSA) is 3.24 Å². The van der Waals surface area contributed by atoms with Gasteiger partial charge in [0.15, 0.2) is 0 Å². The molecule has 0 fully saturated rings. The van der Waals surface area contributed by atoms with E-state index in [1.807, 2.05) is 0 Å². The van der Waals surface area contributed by atoms with Crippen LogP contribution in [0.4, 0.5) is 17.1 Å². The zero-order chi connectivity index (χ0) is 37.4. The second-order valence-corrected chi connectivity index (χ2v) is 15.7. The molecular weight excluding hydrogens is 675 g/mol. The molecule has 10 aromatic carbocycles. The predicted octanol–water partition coefficient (Wildman–Crippen LogP) is 15.4. The molecule has 0 heterocycles. The third kappa shape index (κ3) is 5.01. The summed E-state index contributed by atoms with van der Waals surface area (Å²) in [5.74, 6) is 0. The highest BCUT2D eigenvalue weighted by Gasteiger charge is 2.35. The fraction of sp³-hybridized carbons (Fsp3) is 0.0545. The van der Waals surface area contributed by atoms with Crippen molar-refractivity contribution in [3.63, 3.8) is 0 Å². The first-order valence-corrected chi connectivity index (χ1v) is 19.6. The van der Waals surface area contributed by atoms with E-state index in [4.69, 9.17) is 0 Å². The Hall–Kier alpha value is -6.96. The van der Waals surface area contributed by atoms with Gasteiger partial charge in [-0.2, -0.15) is 0 Å². The lowest BCUT2D eigenvalue weighted by Gasteiger charge is -2.28. The molecule has 0 aliphatic heterocycles. The van der Waals surface area contributed by atoms with E-state index in [0.29, 0.717) is 0 Å². The molecule has 0 bridgehead atoms. The Bertz CT molecular complexity index is 2990. The van der Waals surface area contributed by atoms with Crippen molar-refractivity contribution in [3.8, 4) is 33.4 Å². The minimum absolute atomic E-state index is 0.102. The normalized spacial score (nSPS) is 13.0. The minimum Gasteiger partial charge on any atom is -0.310 e. The van der Waals surface area contributed by atoms with Crippen molar-refractivity contribution in [1.82, 2.24) is 0 Å².